The van der Waals surface area contributed by atoms with Crippen molar-refractivity contribution >= 4 is 17.2 Å². The van der Waals surface area contributed by atoms with Crippen LogP contribution >= 0.6 is 17.2 Å². The van der Waals surface area contributed by atoms with Gasteiger partial charge in [0, 0.05) is 0 Å². The second kappa shape index (κ2) is 2.92. The summed E-state index contributed by atoms with van der Waals surface area (Å²) in [7, 11) is 3.36. The molecule has 10 saturated heterocycles. The quantitative estimate of drug-likeness (QED) is 0.223. The van der Waals surface area contributed by atoms with Crippen molar-refractivity contribution in [2.45, 2.75) is 117 Å². The molecule has 10 aliphatic rings. The average molecular weight is 574 g/mol. The molecule has 7 heteroatoms. The Hall–Kier alpha value is -0.461. The zero-order chi connectivity index (χ0) is 25.4. The Labute approximate surface area is 214 Å². The van der Waals surface area contributed by atoms with Crippen LogP contribution in [0.2, 0.25) is 47.2 Å². The molecule has 37 heavy (non-hydrogen) atoms. The molecule has 1 spiro atoms. The number of hydrogen-bond donors (Lipinski definition) is 0. The van der Waals surface area contributed by atoms with E-state index in [9.17, 15) is 0 Å². The summed E-state index contributed by atoms with van der Waals surface area (Å²) < 4.78 is 1.11. The number of nitrogens with zero attached hydrogens (tertiary/aromatic N) is 4. The van der Waals surface area contributed by atoms with Gasteiger partial charge in [0.2, 0.25) is 0 Å². The van der Waals surface area contributed by atoms with E-state index in [1.165, 1.54) is 46.6 Å². The molecule has 0 aliphatic carbocycles. The molecule has 0 radical (unpaired) electrons. The fourth-order valence-corrected chi connectivity index (χ4v) is 110. The average Bonchev–Trinajstić information content (AvgIpc) is 3.86. The van der Waals surface area contributed by atoms with Crippen molar-refractivity contribution in [1.82, 2.24) is 19.9 Å². The molecule has 6 unspecified atom stereocenters. The molecule has 4 nitrogen and oxygen atoms in total. The number of fused-ring (bicyclic) bond motifs is 10. The Bertz CT molecular complexity index is 1790. The third-order valence-corrected chi connectivity index (χ3v) is 70.6. The maximum atomic E-state index is 5.07. The molecule has 0 bridgehead atoms. The molecule has 2 aromatic heterocycles. The van der Waals surface area contributed by atoms with Crippen LogP contribution in [0.4, 0.5) is 0 Å². The fourth-order valence-electron chi connectivity index (χ4n) is 21.9. The van der Waals surface area contributed by atoms with Crippen molar-refractivity contribution in [3.05, 3.63) is 48.6 Å². The van der Waals surface area contributed by atoms with Crippen molar-refractivity contribution in [3.8, 4) is 0 Å². The predicted molar refractivity (Wildman–Crippen MR) is 150 cm³/mol. The first-order valence-electron chi connectivity index (χ1n) is 14.7. The van der Waals surface area contributed by atoms with Gasteiger partial charge in [-0.3, -0.25) is 0 Å². The van der Waals surface area contributed by atoms with Crippen molar-refractivity contribution in [3.63, 3.8) is 0 Å². The summed E-state index contributed by atoms with van der Waals surface area (Å²) in [4.78, 5) is 29.8. The minimum atomic E-state index is -3.92. The van der Waals surface area contributed by atoms with Crippen molar-refractivity contribution in [2.75, 3.05) is 6.16 Å². The van der Waals surface area contributed by atoms with Gasteiger partial charge >= 0.3 is 215 Å². The van der Waals surface area contributed by atoms with Gasteiger partial charge in [0.25, 0.3) is 0 Å². The number of aromatic nitrogens is 4. The van der Waals surface area contributed by atoms with Crippen molar-refractivity contribution < 1.29 is 6.51 Å². The maximum absolute atomic E-state index is 5.07. The summed E-state index contributed by atoms with van der Waals surface area (Å²) in [6.07, 6.45) is 12.1. The van der Waals surface area contributed by atoms with E-state index < -0.39 is 6.51 Å². The molecule has 2 aromatic rings. The molecule has 10 fully saturated rings. The van der Waals surface area contributed by atoms with Crippen LogP contribution in [-0.2, 0) is 11.7 Å². The van der Waals surface area contributed by atoms with Crippen LogP contribution < -0.4 is 0 Å². The third-order valence-electron chi connectivity index (χ3n) is 21.2. The van der Waals surface area contributed by atoms with Gasteiger partial charge in [-0.2, -0.15) is 0 Å². The van der Waals surface area contributed by atoms with Crippen LogP contribution in [0.25, 0.3) is 0 Å². The molecule has 198 valence electrons. The van der Waals surface area contributed by atoms with E-state index in [1.54, 1.807) is 6.16 Å². The summed E-state index contributed by atoms with van der Waals surface area (Å²) in [5, 5.41) is 0.550. The van der Waals surface area contributed by atoms with Crippen LogP contribution in [0.15, 0.2) is 36.9 Å². The summed E-state index contributed by atoms with van der Waals surface area (Å²) in [6, 6.07) is 3.98. The molecule has 12 rings (SSSR count). The topological polar surface area (TPSA) is 51.6 Å². The minimum absolute atomic E-state index is 0.126. The Morgan fingerprint density at radius 2 is 1.19 bits per heavy atom. The van der Waals surface area contributed by atoms with Crippen molar-refractivity contribution in [1.29, 1.82) is 0 Å². The Balaban J connectivity index is 1.18. The van der Waals surface area contributed by atoms with E-state index in [2.05, 4.69) is 50.8 Å². The van der Waals surface area contributed by atoms with Gasteiger partial charge in [0.05, 0.1) is 0 Å². The zero-order valence-electron chi connectivity index (χ0n) is 22.9. The predicted octanol–water partition coefficient (Wildman–Crippen LogP) is 8.37. The normalized spacial score (nSPS) is 64.6. The van der Waals surface area contributed by atoms with Crippen LogP contribution in [0.1, 0.15) is 66.0 Å². The first kappa shape index (κ1) is 20.4. The summed E-state index contributed by atoms with van der Waals surface area (Å²) in [6.45, 7) is 11.5. The first-order chi connectivity index (χ1) is 17.4. The molecule has 0 amide bonds. The van der Waals surface area contributed by atoms with E-state index in [0.29, 0.717) is 18.9 Å². The van der Waals surface area contributed by atoms with Gasteiger partial charge in [-0.1, -0.05) is 0 Å². The number of rotatable bonds is 9. The SMILES string of the molecule is CCC(C)(C)P(C[C]12[CH]3[CH]4[CH]5[C]1(C(P)(c1ncccn1)c1ncccn1)[Fe]43521678[CH]2[CH]1[CH]6[CH]7[CH]28)C(C)(C)CC. The Morgan fingerprint density at radius 1 is 0.757 bits per heavy atom. The summed E-state index contributed by atoms with van der Waals surface area (Å²) in [5.74, 6) is 2.04. The second-order valence-electron chi connectivity index (χ2n) is 17.8. The standard InChI is InChI=1S/C25H35N4P2.C5H5.Fe/c1-7-23(3,4)31(24(5,6)8-2)18-19-12-9-13-20(19)25(30,21-26-14-10-15-27-21)22-28-16-11-17-29-22;1-2-4-5-3-1;/h9-17H,7-8,18,30H2,1-6H3;1-5H;. The molecule has 0 N–H and O–H groups in total. The van der Waals surface area contributed by atoms with Gasteiger partial charge in [0.1, 0.15) is 0 Å². The third kappa shape index (κ3) is 0.487. The molecule has 12 heterocycles. The van der Waals surface area contributed by atoms with Crippen LogP contribution in [0.5, 0.6) is 0 Å². The van der Waals surface area contributed by atoms with Gasteiger partial charge in [-0.25, -0.2) is 0 Å². The van der Waals surface area contributed by atoms with Gasteiger partial charge in [0.15, 0.2) is 0 Å². The van der Waals surface area contributed by atoms with Crippen LogP contribution in [0, 0.1) is 0 Å². The van der Waals surface area contributed by atoms with E-state index in [4.69, 9.17) is 19.9 Å². The Kier molecular flexibility index (Phi) is 1.61. The van der Waals surface area contributed by atoms with Gasteiger partial charge < -0.3 is 0 Å². The van der Waals surface area contributed by atoms with E-state index in [-0.39, 0.29) is 13.1 Å². The van der Waals surface area contributed by atoms with Crippen LogP contribution in [0.3, 0.4) is 0 Å². The van der Waals surface area contributed by atoms with E-state index in [1.807, 2.05) is 36.9 Å². The van der Waals surface area contributed by atoms with E-state index >= 15 is 0 Å². The van der Waals surface area contributed by atoms with Crippen LogP contribution in [-0.4, -0.2) is 36.4 Å². The molecule has 6 atom stereocenters. The molecule has 0 saturated carbocycles. The van der Waals surface area contributed by atoms with E-state index in [0.717, 1.165) is 16.5 Å². The fraction of sp³-hybridized carbons (Fsp3) is 0.733. The van der Waals surface area contributed by atoms with Gasteiger partial charge in [-0.15, -0.1) is 0 Å². The van der Waals surface area contributed by atoms with Crippen molar-refractivity contribution in [2.24, 2.45) is 0 Å². The summed E-state index contributed by atoms with van der Waals surface area (Å²) >= 11 is 0. The molecule has 0 aromatic carbocycles. The first-order valence-corrected chi connectivity index (χ1v) is 23.0. The summed E-state index contributed by atoms with van der Waals surface area (Å²) in [5.41, 5.74) is 0. The monoisotopic (exact) mass is 574 g/mol. The second-order valence-corrected chi connectivity index (χ2v) is 45.6. The molecule has 10 aliphatic heterocycles. The Morgan fingerprint density at radius 3 is 1.54 bits per heavy atom. The molecular weight excluding hydrogens is 534 g/mol. The zero-order valence-corrected chi connectivity index (χ0v) is 26.0. The molecular formula is C30H40FeN4P2. The number of hydrogen-bond acceptors (Lipinski definition) is 4. The van der Waals surface area contributed by atoms with Gasteiger partial charge in [-0.05, 0) is 0 Å².